The summed E-state index contributed by atoms with van der Waals surface area (Å²) in [5.74, 6) is 2.31. The normalized spacial score (nSPS) is 28.6. The van der Waals surface area contributed by atoms with Crippen molar-refractivity contribution in [3.63, 3.8) is 0 Å². The van der Waals surface area contributed by atoms with Crippen LogP contribution in [0.2, 0.25) is 0 Å². The van der Waals surface area contributed by atoms with E-state index in [1.54, 1.807) is 0 Å². The number of hydrogen-bond acceptors (Lipinski definition) is 3. The van der Waals surface area contributed by atoms with E-state index in [9.17, 15) is 18.0 Å². The molecule has 82 valence electrons. The molecule has 0 aromatic heterocycles. The molecule has 0 atom stereocenters. The molecule has 0 spiro atoms. The Balaban J connectivity index is 2.43. The molecule has 0 amide bonds. The van der Waals surface area contributed by atoms with E-state index < -0.39 is 24.0 Å². The van der Waals surface area contributed by atoms with Crippen molar-refractivity contribution in [2.24, 2.45) is 17.7 Å². The van der Waals surface area contributed by atoms with E-state index >= 15 is 0 Å². The molecule has 1 rings (SSSR count). The Morgan fingerprint density at radius 2 is 1.71 bits per heavy atom. The van der Waals surface area contributed by atoms with Gasteiger partial charge in [-0.2, -0.15) is 19.1 Å². The molecule has 1 saturated carbocycles. The van der Waals surface area contributed by atoms with Crippen LogP contribution in [0.15, 0.2) is 0 Å². The first-order valence-electron chi connectivity index (χ1n) is 4.42. The van der Waals surface area contributed by atoms with Gasteiger partial charge in [0.2, 0.25) is 0 Å². The molecule has 0 saturated heterocycles. The van der Waals surface area contributed by atoms with Crippen LogP contribution in [0.4, 0.5) is 13.2 Å². The topological polar surface area (TPSA) is 52.3 Å². The lowest BCUT2D eigenvalue weighted by Crippen LogP contribution is -2.31. The van der Waals surface area contributed by atoms with E-state index in [-0.39, 0.29) is 25.7 Å². The number of nitrogens with two attached hydrogens (primary N) is 1. The van der Waals surface area contributed by atoms with Gasteiger partial charge < -0.3 is 4.84 Å². The van der Waals surface area contributed by atoms with Crippen molar-refractivity contribution in [2.45, 2.75) is 31.9 Å². The summed E-state index contributed by atoms with van der Waals surface area (Å²) in [6.07, 6.45) is -3.75. The summed E-state index contributed by atoms with van der Waals surface area (Å²) in [5, 5.41) is 0. The molecule has 1 fully saturated rings. The van der Waals surface area contributed by atoms with Crippen molar-refractivity contribution in [3.05, 3.63) is 0 Å². The molecular weight excluding hydrogens is 199 g/mol. The van der Waals surface area contributed by atoms with Crippen LogP contribution in [0, 0.1) is 11.8 Å². The number of hydrogen-bond donors (Lipinski definition) is 1. The summed E-state index contributed by atoms with van der Waals surface area (Å²) in [7, 11) is 0. The minimum absolute atomic E-state index is 0.0106. The van der Waals surface area contributed by atoms with E-state index in [1.807, 2.05) is 0 Å². The molecule has 2 N–H and O–H groups in total. The average molecular weight is 211 g/mol. The predicted molar refractivity (Wildman–Crippen MR) is 41.8 cm³/mol. The number of halogens is 3. The molecule has 0 heterocycles. The second-order valence-corrected chi connectivity index (χ2v) is 3.53. The van der Waals surface area contributed by atoms with Gasteiger partial charge in [-0.1, -0.05) is 0 Å². The van der Waals surface area contributed by atoms with Crippen molar-refractivity contribution in [1.29, 1.82) is 0 Å². The fourth-order valence-electron chi connectivity index (χ4n) is 1.75. The van der Waals surface area contributed by atoms with E-state index in [4.69, 9.17) is 0 Å². The van der Waals surface area contributed by atoms with Crippen LogP contribution in [0.1, 0.15) is 25.7 Å². The summed E-state index contributed by atoms with van der Waals surface area (Å²) in [6, 6.07) is 0. The standard InChI is InChI=1S/C8H12F3NO2/c9-8(10,11)6-3-1-5(2-4-6)7(13)14-12/h5-6H,1-4,12H2. The Labute approximate surface area is 79.4 Å². The zero-order valence-electron chi connectivity index (χ0n) is 7.51. The first-order valence-corrected chi connectivity index (χ1v) is 4.42. The van der Waals surface area contributed by atoms with Crippen LogP contribution >= 0.6 is 0 Å². The van der Waals surface area contributed by atoms with Crippen LogP contribution < -0.4 is 5.90 Å². The van der Waals surface area contributed by atoms with E-state index in [0.717, 1.165) is 0 Å². The maximum atomic E-state index is 12.2. The van der Waals surface area contributed by atoms with Gasteiger partial charge in [-0.25, -0.2) is 0 Å². The van der Waals surface area contributed by atoms with Crippen LogP contribution in [0.3, 0.4) is 0 Å². The highest BCUT2D eigenvalue weighted by atomic mass is 19.4. The maximum Gasteiger partial charge on any atom is 0.391 e. The molecule has 1 aliphatic rings. The number of rotatable bonds is 1. The molecule has 0 radical (unpaired) electrons. The minimum atomic E-state index is -4.14. The second-order valence-electron chi connectivity index (χ2n) is 3.53. The molecule has 6 heteroatoms. The predicted octanol–water partition coefficient (Wildman–Crippen LogP) is 1.77. The lowest BCUT2D eigenvalue weighted by atomic mass is 9.82. The van der Waals surface area contributed by atoms with Crippen molar-refractivity contribution in [1.82, 2.24) is 0 Å². The van der Waals surface area contributed by atoms with Crippen molar-refractivity contribution >= 4 is 5.97 Å². The Morgan fingerprint density at radius 3 is 2.07 bits per heavy atom. The van der Waals surface area contributed by atoms with Gasteiger partial charge in [-0.05, 0) is 25.7 Å². The second kappa shape index (κ2) is 4.16. The van der Waals surface area contributed by atoms with E-state index in [2.05, 4.69) is 10.7 Å². The molecular formula is C8H12F3NO2. The van der Waals surface area contributed by atoms with Gasteiger partial charge in [0, 0.05) is 0 Å². The van der Waals surface area contributed by atoms with Crippen molar-refractivity contribution < 1.29 is 22.8 Å². The van der Waals surface area contributed by atoms with Crippen LogP contribution in [0.25, 0.3) is 0 Å². The molecule has 14 heavy (non-hydrogen) atoms. The summed E-state index contributed by atoms with van der Waals surface area (Å²) in [6.45, 7) is 0. The number of alkyl halides is 3. The maximum absolute atomic E-state index is 12.2. The van der Waals surface area contributed by atoms with E-state index in [0.29, 0.717) is 0 Å². The molecule has 0 aromatic carbocycles. The van der Waals surface area contributed by atoms with Gasteiger partial charge >= 0.3 is 12.1 Å². The van der Waals surface area contributed by atoms with Gasteiger partial charge in [0.05, 0.1) is 11.8 Å². The lowest BCUT2D eigenvalue weighted by molar-refractivity contribution is -0.186. The van der Waals surface area contributed by atoms with Gasteiger partial charge in [0.15, 0.2) is 0 Å². The third-order valence-corrected chi connectivity index (χ3v) is 2.64. The SMILES string of the molecule is NOC(=O)C1CCC(C(F)(F)F)CC1. The molecule has 0 bridgehead atoms. The summed E-state index contributed by atoms with van der Waals surface area (Å²) >= 11 is 0. The van der Waals surface area contributed by atoms with Gasteiger partial charge in [-0.15, -0.1) is 0 Å². The highest BCUT2D eigenvalue weighted by Crippen LogP contribution is 2.39. The van der Waals surface area contributed by atoms with Crippen LogP contribution in [-0.4, -0.2) is 12.1 Å². The summed E-state index contributed by atoms with van der Waals surface area (Å²) < 4.78 is 36.6. The van der Waals surface area contributed by atoms with Crippen molar-refractivity contribution in [3.8, 4) is 0 Å². The van der Waals surface area contributed by atoms with Gasteiger partial charge in [0.25, 0.3) is 0 Å². The largest absolute Gasteiger partial charge is 0.391 e. The Kier molecular flexibility index (Phi) is 3.36. The third kappa shape index (κ3) is 2.60. The molecule has 0 unspecified atom stereocenters. The number of carbonyl (C=O) groups is 1. The first-order chi connectivity index (χ1) is 6.45. The zero-order valence-corrected chi connectivity index (χ0v) is 7.51. The zero-order chi connectivity index (χ0) is 10.8. The quantitative estimate of drug-likeness (QED) is 0.672. The highest BCUT2D eigenvalue weighted by molar-refractivity contribution is 5.72. The van der Waals surface area contributed by atoms with Crippen molar-refractivity contribution in [2.75, 3.05) is 0 Å². The first kappa shape index (κ1) is 11.3. The minimum Gasteiger partial charge on any atom is -0.373 e. The van der Waals surface area contributed by atoms with E-state index in [1.165, 1.54) is 0 Å². The number of carbonyl (C=O) groups excluding carboxylic acids is 1. The Bertz CT molecular complexity index is 209. The van der Waals surface area contributed by atoms with Crippen LogP contribution in [-0.2, 0) is 9.63 Å². The Morgan fingerprint density at radius 1 is 1.21 bits per heavy atom. The molecule has 0 aliphatic heterocycles. The van der Waals surface area contributed by atoms with Gasteiger partial charge in [-0.3, -0.25) is 4.79 Å². The molecule has 3 nitrogen and oxygen atoms in total. The Hall–Kier alpha value is -0.780. The smallest absolute Gasteiger partial charge is 0.373 e. The third-order valence-electron chi connectivity index (χ3n) is 2.64. The molecule has 0 aromatic rings. The molecule has 1 aliphatic carbocycles. The summed E-state index contributed by atoms with van der Waals surface area (Å²) in [4.78, 5) is 14.9. The highest BCUT2D eigenvalue weighted by Gasteiger charge is 2.42. The monoisotopic (exact) mass is 211 g/mol. The fraction of sp³-hybridized carbons (Fsp3) is 0.875. The lowest BCUT2D eigenvalue weighted by Gasteiger charge is -2.27. The summed E-state index contributed by atoms with van der Waals surface area (Å²) in [5.41, 5.74) is 0. The fourth-order valence-corrected chi connectivity index (χ4v) is 1.75. The van der Waals surface area contributed by atoms with Crippen LogP contribution in [0.5, 0.6) is 0 Å². The average Bonchev–Trinajstić information content (AvgIpc) is 2.15. The van der Waals surface area contributed by atoms with Gasteiger partial charge in [0.1, 0.15) is 0 Å².